The SMILES string of the molecule is N#CCCCC(C#N)CCC=N. The van der Waals surface area contributed by atoms with Gasteiger partial charge in [-0.15, -0.1) is 0 Å². The first-order chi connectivity index (χ1) is 5.85. The van der Waals surface area contributed by atoms with Crippen LogP contribution in [0.5, 0.6) is 0 Å². The minimum atomic E-state index is 0.0277. The molecule has 1 N–H and O–H groups in total. The van der Waals surface area contributed by atoms with Crippen LogP contribution in [0.3, 0.4) is 0 Å². The standard InChI is InChI=1S/C9H13N3/c10-6-2-1-4-9(8-12)5-3-7-11/h7,9,11H,1-5H2. The summed E-state index contributed by atoms with van der Waals surface area (Å²) in [4.78, 5) is 0. The van der Waals surface area contributed by atoms with Crippen LogP contribution in [0.15, 0.2) is 0 Å². The van der Waals surface area contributed by atoms with E-state index in [0.717, 1.165) is 19.3 Å². The van der Waals surface area contributed by atoms with Gasteiger partial charge in [-0.3, -0.25) is 0 Å². The smallest absolute Gasteiger partial charge is 0.0655 e. The Morgan fingerprint density at radius 3 is 2.58 bits per heavy atom. The first kappa shape index (κ1) is 10.7. The number of nitriles is 2. The second-order valence-electron chi connectivity index (χ2n) is 2.66. The summed E-state index contributed by atoms with van der Waals surface area (Å²) in [5.74, 6) is 0.0277. The molecule has 0 amide bonds. The summed E-state index contributed by atoms with van der Waals surface area (Å²) in [6.45, 7) is 0. The maximum Gasteiger partial charge on any atom is 0.0655 e. The highest BCUT2D eigenvalue weighted by molar-refractivity contribution is 5.52. The van der Waals surface area contributed by atoms with Gasteiger partial charge in [-0.1, -0.05) is 0 Å². The maximum absolute atomic E-state index is 8.64. The van der Waals surface area contributed by atoms with E-state index in [0.29, 0.717) is 12.8 Å². The van der Waals surface area contributed by atoms with Gasteiger partial charge in [-0.25, -0.2) is 0 Å². The molecule has 0 heterocycles. The summed E-state index contributed by atoms with van der Waals surface area (Å²) >= 11 is 0. The second-order valence-corrected chi connectivity index (χ2v) is 2.66. The Labute approximate surface area is 73.1 Å². The van der Waals surface area contributed by atoms with Crippen LogP contribution in [0.1, 0.15) is 32.1 Å². The van der Waals surface area contributed by atoms with Crippen LogP contribution < -0.4 is 0 Å². The average Bonchev–Trinajstić information content (AvgIpc) is 2.11. The summed E-state index contributed by atoms with van der Waals surface area (Å²) in [6, 6.07) is 4.23. The van der Waals surface area contributed by atoms with Crippen molar-refractivity contribution in [3.8, 4) is 12.1 Å². The zero-order valence-corrected chi connectivity index (χ0v) is 7.08. The molecule has 0 aliphatic heterocycles. The fourth-order valence-electron chi connectivity index (χ4n) is 0.985. The van der Waals surface area contributed by atoms with Crippen molar-refractivity contribution in [2.75, 3.05) is 0 Å². The first-order valence-electron chi connectivity index (χ1n) is 4.10. The number of rotatable bonds is 6. The molecule has 1 unspecified atom stereocenters. The monoisotopic (exact) mass is 163 g/mol. The second kappa shape index (κ2) is 7.75. The molecule has 0 aliphatic carbocycles. The predicted octanol–water partition coefficient (Wildman–Crippen LogP) is 2.25. The predicted molar refractivity (Wildman–Crippen MR) is 46.6 cm³/mol. The van der Waals surface area contributed by atoms with Crippen molar-refractivity contribution in [2.45, 2.75) is 32.1 Å². The van der Waals surface area contributed by atoms with Crippen LogP contribution in [-0.4, -0.2) is 6.21 Å². The van der Waals surface area contributed by atoms with Gasteiger partial charge in [0.05, 0.1) is 12.1 Å². The van der Waals surface area contributed by atoms with E-state index in [4.69, 9.17) is 15.9 Å². The van der Waals surface area contributed by atoms with Gasteiger partial charge in [-0.2, -0.15) is 10.5 Å². The molecule has 0 aromatic carbocycles. The van der Waals surface area contributed by atoms with E-state index in [1.54, 1.807) is 0 Å². The number of hydrogen-bond donors (Lipinski definition) is 1. The van der Waals surface area contributed by atoms with Crippen LogP contribution >= 0.6 is 0 Å². The van der Waals surface area contributed by atoms with Crippen LogP contribution in [0.4, 0.5) is 0 Å². The fraction of sp³-hybridized carbons (Fsp3) is 0.667. The van der Waals surface area contributed by atoms with E-state index < -0.39 is 0 Å². The van der Waals surface area contributed by atoms with E-state index in [2.05, 4.69) is 6.07 Å². The van der Waals surface area contributed by atoms with Crippen molar-refractivity contribution in [1.29, 1.82) is 15.9 Å². The lowest BCUT2D eigenvalue weighted by atomic mass is 9.99. The van der Waals surface area contributed by atoms with Crippen LogP contribution in [-0.2, 0) is 0 Å². The summed E-state index contributed by atoms with van der Waals surface area (Å²) in [5, 5.41) is 23.7. The van der Waals surface area contributed by atoms with Gasteiger partial charge in [0, 0.05) is 12.3 Å². The van der Waals surface area contributed by atoms with Gasteiger partial charge >= 0.3 is 0 Å². The zero-order valence-electron chi connectivity index (χ0n) is 7.08. The Morgan fingerprint density at radius 1 is 1.33 bits per heavy atom. The Kier molecular flexibility index (Phi) is 6.88. The molecule has 0 aromatic rings. The third-order valence-corrected chi connectivity index (χ3v) is 1.68. The molecule has 0 fully saturated rings. The summed E-state index contributed by atoms with van der Waals surface area (Å²) in [5.41, 5.74) is 0. The molecule has 0 spiro atoms. The van der Waals surface area contributed by atoms with Crippen LogP contribution in [0.2, 0.25) is 0 Å². The van der Waals surface area contributed by atoms with Crippen molar-refractivity contribution in [1.82, 2.24) is 0 Å². The molecule has 0 saturated heterocycles. The van der Waals surface area contributed by atoms with Crippen molar-refractivity contribution in [2.24, 2.45) is 5.92 Å². The average molecular weight is 163 g/mol. The fourth-order valence-corrected chi connectivity index (χ4v) is 0.985. The lowest BCUT2D eigenvalue weighted by Gasteiger charge is -2.03. The Morgan fingerprint density at radius 2 is 2.08 bits per heavy atom. The van der Waals surface area contributed by atoms with Crippen molar-refractivity contribution in [3.05, 3.63) is 0 Å². The first-order valence-corrected chi connectivity index (χ1v) is 4.10. The molecule has 0 aliphatic rings. The van der Waals surface area contributed by atoms with Gasteiger partial charge in [-0.05, 0) is 31.9 Å². The normalized spacial score (nSPS) is 11.2. The molecule has 0 saturated carbocycles. The highest BCUT2D eigenvalue weighted by Crippen LogP contribution is 2.12. The molecule has 0 rings (SSSR count). The minimum absolute atomic E-state index is 0.0277. The van der Waals surface area contributed by atoms with E-state index in [1.165, 1.54) is 6.21 Å². The third-order valence-electron chi connectivity index (χ3n) is 1.68. The molecule has 3 nitrogen and oxygen atoms in total. The van der Waals surface area contributed by atoms with E-state index in [1.807, 2.05) is 6.07 Å². The molecule has 3 heteroatoms. The molecule has 0 bridgehead atoms. The van der Waals surface area contributed by atoms with Crippen molar-refractivity contribution >= 4 is 6.21 Å². The van der Waals surface area contributed by atoms with Gasteiger partial charge in [0.25, 0.3) is 0 Å². The largest absolute Gasteiger partial charge is 0.313 e. The molecular formula is C9H13N3. The Bertz CT molecular complexity index is 197. The zero-order chi connectivity index (χ0) is 9.23. The van der Waals surface area contributed by atoms with Gasteiger partial charge < -0.3 is 5.41 Å². The van der Waals surface area contributed by atoms with Crippen molar-refractivity contribution in [3.63, 3.8) is 0 Å². The topological polar surface area (TPSA) is 71.4 Å². The molecule has 0 radical (unpaired) electrons. The molecular weight excluding hydrogens is 150 g/mol. The third kappa shape index (κ3) is 5.44. The Balaban J connectivity index is 3.49. The number of nitrogens with one attached hydrogen (secondary N) is 1. The molecule has 64 valence electrons. The maximum atomic E-state index is 8.64. The molecule has 0 aromatic heterocycles. The highest BCUT2D eigenvalue weighted by Gasteiger charge is 2.05. The lowest BCUT2D eigenvalue weighted by molar-refractivity contribution is 0.549. The summed E-state index contributed by atoms with van der Waals surface area (Å²) in [7, 11) is 0. The molecule has 12 heavy (non-hydrogen) atoms. The van der Waals surface area contributed by atoms with Gasteiger partial charge in [0.15, 0.2) is 0 Å². The van der Waals surface area contributed by atoms with Gasteiger partial charge in [0.1, 0.15) is 0 Å². The minimum Gasteiger partial charge on any atom is -0.313 e. The number of unbranched alkanes of at least 4 members (excludes halogenated alkanes) is 1. The van der Waals surface area contributed by atoms with Crippen LogP contribution in [0, 0.1) is 34.0 Å². The summed E-state index contributed by atoms with van der Waals surface area (Å²) in [6.07, 6.45) is 4.87. The number of hydrogen-bond acceptors (Lipinski definition) is 3. The summed E-state index contributed by atoms with van der Waals surface area (Å²) < 4.78 is 0. The van der Waals surface area contributed by atoms with E-state index >= 15 is 0 Å². The van der Waals surface area contributed by atoms with E-state index in [-0.39, 0.29) is 5.92 Å². The van der Waals surface area contributed by atoms with Gasteiger partial charge in [0.2, 0.25) is 0 Å². The number of nitrogens with zero attached hydrogens (tertiary/aromatic N) is 2. The highest BCUT2D eigenvalue weighted by atomic mass is 14.3. The van der Waals surface area contributed by atoms with Crippen LogP contribution in [0.25, 0.3) is 0 Å². The van der Waals surface area contributed by atoms with Crippen molar-refractivity contribution < 1.29 is 0 Å². The lowest BCUT2D eigenvalue weighted by Crippen LogP contribution is -1.97. The quantitative estimate of drug-likeness (QED) is 0.481. The van der Waals surface area contributed by atoms with E-state index in [9.17, 15) is 0 Å². The molecule has 1 atom stereocenters. The Hall–Kier alpha value is -1.35.